The molecule has 4 rings (SSSR count). The number of hydrogen-bond donors (Lipinski definition) is 1. The highest BCUT2D eigenvalue weighted by molar-refractivity contribution is 5.91. The van der Waals surface area contributed by atoms with Crippen LogP contribution in [0.1, 0.15) is 54.4 Å². The second-order valence-electron chi connectivity index (χ2n) is 13.0. The average molecular weight is 581 g/mol. The SMILES string of the molecule is CN1CCCN(C)c2c(N)cccc2-c2cccc(n2)N(C(=O)OC(C)(C)C)C2CC(C1=O)N(C(=O)OC(C)(C)C)C2. The van der Waals surface area contributed by atoms with Crippen LogP contribution in [-0.4, -0.2) is 89.9 Å². The van der Waals surface area contributed by atoms with Crippen molar-refractivity contribution in [1.82, 2.24) is 14.8 Å². The summed E-state index contributed by atoms with van der Waals surface area (Å²) in [4.78, 5) is 52.6. The van der Waals surface area contributed by atoms with Crippen LogP contribution < -0.4 is 15.5 Å². The number of amides is 3. The van der Waals surface area contributed by atoms with E-state index in [1.165, 1.54) is 9.80 Å². The third-order valence-corrected chi connectivity index (χ3v) is 7.22. The van der Waals surface area contributed by atoms with Crippen molar-refractivity contribution in [3.8, 4) is 11.3 Å². The number of benzene rings is 1. The molecule has 2 unspecified atom stereocenters. The molecule has 4 bridgehead atoms. The van der Waals surface area contributed by atoms with Gasteiger partial charge in [-0.1, -0.05) is 18.2 Å². The van der Waals surface area contributed by atoms with Crippen LogP contribution in [0.4, 0.5) is 26.8 Å². The molecule has 2 aliphatic rings. The van der Waals surface area contributed by atoms with Gasteiger partial charge in [0, 0.05) is 39.3 Å². The molecule has 1 aromatic carbocycles. The monoisotopic (exact) mass is 580 g/mol. The van der Waals surface area contributed by atoms with Gasteiger partial charge in [-0.25, -0.2) is 14.6 Å². The number of likely N-dealkylation sites (tertiary alicyclic amines) is 1. The van der Waals surface area contributed by atoms with Gasteiger partial charge in [-0.15, -0.1) is 0 Å². The van der Waals surface area contributed by atoms with Gasteiger partial charge < -0.3 is 25.0 Å². The summed E-state index contributed by atoms with van der Waals surface area (Å²) in [6.07, 6.45) is -0.339. The lowest BCUT2D eigenvalue weighted by molar-refractivity contribution is -0.134. The third kappa shape index (κ3) is 6.88. The Morgan fingerprint density at radius 3 is 2.19 bits per heavy atom. The zero-order chi connectivity index (χ0) is 31.0. The molecular weight excluding hydrogens is 536 g/mol. The Labute approximate surface area is 248 Å². The number of ether oxygens (including phenoxy) is 2. The molecule has 11 nitrogen and oxygen atoms in total. The number of aromatic nitrogens is 1. The molecule has 2 aliphatic heterocycles. The zero-order valence-corrected chi connectivity index (χ0v) is 26.0. The highest BCUT2D eigenvalue weighted by atomic mass is 16.6. The summed E-state index contributed by atoms with van der Waals surface area (Å²) in [7, 11) is 3.69. The van der Waals surface area contributed by atoms with Gasteiger partial charge in [0.15, 0.2) is 0 Å². The molecule has 3 amide bonds. The van der Waals surface area contributed by atoms with Gasteiger partial charge in [-0.3, -0.25) is 14.6 Å². The number of nitrogens with two attached hydrogens (primary N) is 1. The number of rotatable bonds is 0. The topological polar surface area (TPSA) is 122 Å². The van der Waals surface area contributed by atoms with Gasteiger partial charge in [0.2, 0.25) is 5.91 Å². The highest BCUT2D eigenvalue weighted by Gasteiger charge is 2.47. The van der Waals surface area contributed by atoms with E-state index < -0.39 is 35.5 Å². The maximum atomic E-state index is 13.8. The van der Waals surface area contributed by atoms with E-state index in [2.05, 4.69) is 4.90 Å². The fourth-order valence-corrected chi connectivity index (χ4v) is 5.42. The van der Waals surface area contributed by atoms with Gasteiger partial charge in [0.25, 0.3) is 0 Å². The molecular formula is C31H44N6O5. The van der Waals surface area contributed by atoms with Crippen LogP contribution in [0, 0.1) is 0 Å². The van der Waals surface area contributed by atoms with Crippen molar-refractivity contribution in [3.05, 3.63) is 36.4 Å². The minimum atomic E-state index is -0.821. The molecule has 11 heteroatoms. The maximum absolute atomic E-state index is 13.8. The van der Waals surface area contributed by atoms with Crippen molar-refractivity contribution in [2.45, 2.75) is 77.7 Å². The Kier molecular flexibility index (Phi) is 8.61. The molecule has 3 heterocycles. The number of fused-ring (bicyclic) bond motifs is 6. The molecule has 1 aromatic heterocycles. The minimum Gasteiger partial charge on any atom is -0.444 e. The van der Waals surface area contributed by atoms with Gasteiger partial charge >= 0.3 is 12.2 Å². The number of pyridine rings is 1. The molecule has 0 radical (unpaired) electrons. The first-order valence-corrected chi connectivity index (χ1v) is 14.4. The quantitative estimate of drug-likeness (QED) is 0.443. The summed E-state index contributed by atoms with van der Waals surface area (Å²) in [5.41, 5.74) is 7.81. The molecule has 1 fully saturated rings. The van der Waals surface area contributed by atoms with Crippen LogP contribution in [0.2, 0.25) is 0 Å². The smallest absolute Gasteiger partial charge is 0.416 e. The molecule has 42 heavy (non-hydrogen) atoms. The Morgan fingerprint density at radius 2 is 1.52 bits per heavy atom. The van der Waals surface area contributed by atoms with E-state index >= 15 is 0 Å². The lowest BCUT2D eigenvalue weighted by Crippen LogP contribution is -2.48. The van der Waals surface area contributed by atoms with Crippen molar-refractivity contribution in [2.24, 2.45) is 0 Å². The minimum absolute atomic E-state index is 0.0799. The average Bonchev–Trinajstić information content (AvgIpc) is 3.30. The van der Waals surface area contributed by atoms with Crippen LogP contribution in [0.3, 0.4) is 0 Å². The van der Waals surface area contributed by atoms with Crippen molar-refractivity contribution < 1.29 is 23.9 Å². The van der Waals surface area contributed by atoms with Crippen molar-refractivity contribution in [1.29, 1.82) is 0 Å². The maximum Gasteiger partial charge on any atom is 0.416 e. The fourth-order valence-electron chi connectivity index (χ4n) is 5.42. The Hall–Kier alpha value is -4.02. The fraction of sp³-hybridized carbons (Fsp3) is 0.548. The Balaban J connectivity index is 1.87. The second kappa shape index (κ2) is 11.7. The number of anilines is 3. The molecule has 2 N–H and O–H groups in total. The number of carbonyl (C=O) groups is 3. The number of para-hydroxylation sites is 1. The van der Waals surface area contributed by atoms with E-state index in [9.17, 15) is 14.4 Å². The molecule has 0 spiro atoms. The van der Waals surface area contributed by atoms with Crippen LogP contribution in [0.15, 0.2) is 36.4 Å². The lowest BCUT2D eigenvalue weighted by atomic mass is 10.1. The molecule has 228 valence electrons. The number of nitrogen functional groups attached to an aromatic ring is 1. The summed E-state index contributed by atoms with van der Waals surface area (Å²) in [5, 5.41) is 0. The summed E-state index contributed by atoms with van der Waals surface area (Å²) in [5.74, 6) is 0.134. The van der Waals surface area contributed by atoms with Crippen LogP contribution in [0.5, 0.6) is 0 Å². The predicted molar refractivity (Wildman–Crippen MR) is 163 cm³/mol. The van der Waals surface area contributed by atoms with E-state index in [4.69, 9.17) is 20.2 Å². The third-order valence-electron chi connectivity index (χ3n) is 7.22. The molecule has 0 saturated carbocycles. The van der Waals surface area contributed by atoms with E-state index in [0.29, 0.717) is 36.7 Å². The van der Waals surface area contributed by atoms with Crippen LogP contribution in [-0.2, 0) is 14.3 Å². The number of hydrogen-bond acceptors (Lipinski definition) is 8. The first-order chi connectivity index (χ1) is 19.6. The molecule has 1 saturated heterocycles. The van der Waals surface area contributed by atoms with Gasteiger partial charge in [0.1, 0.15) is 23.1 Å². The molecule has 0 aliphatic carbocycles. The van der Waals surface area contributed by atoms with Gasteiger partial charge in [-0.2, -0.15) is 0 Å². The van der Waals surface area contributed by atoms with E-state index in [1.54, 1.807) is 59.6 Å². The second-order valence-corrected chi connectivity index (χ2v) is 13.0. The Bertz CT molecular complexity index is 1330. The van der Waals surface area contributed by atoms with Crippen molar-refractivity contribution >= 4 is 35.3 Å². The molecule has 2 atom stereocenters. The Morgan fingerprint density at radius 1 is 0.905 bits per heavy atom. The lowest BCUT2D eigenvalue weighted by Gasteiger charge is -2.32. The summed E-state index contributed by atoms with van der Waals surface area (Å²) in [6.45, 7) is 11.9. The van der Waals surface area contributed by atoms with Gasteiger partial charge in [-0.05, 0) is 72.6 Å². The summed E-state index contributed by atoms with van der Waals surface area (Å²) >= 11 is 0. The summed E-state index contributed by atoms with van der Waals surface area (Å²) in [6, 6.07) is 9.71. The zero-order valence-electron chi connectivity index (χ0n) is 26.0. The van der Waals surface area contributed by atoms with Gasteiger partial charge in [0.05, 0.1) is 23.1 Å². The van der Waals surface area contributed by atoms with Crippen molar-refractivity contribution in [2.75, 3.05) is 49.3 Å². The van der Waals surface area contributed by atoms with E-state index in [0.717, 1.165) is 11.3 Å². The van der Waals surface area contributed by atoms with Crippen LogP contribution >= 0.6 is 0 Å². The first-order valence-electron chi connectivity index (χ1n) is 14.4. The number of nitrogens with zero attached hydrogens (tertiary/aromatic N) is 5. The summed E-state index contributed by atoms with van der Waals surface area (Å²) < 4.78 is 11.5. The number of likely N-dealkylation sites (N-methyl/N-ethyl adjacent to an activating group) is 1. The highest BCUT2D eigenvalue weighted by Crippen LogP contribution is 2.37. The normalized spacial score (nSPS) is 20.0. The first kappa shape index (κ1) is 30.9. The molecule has 2 aromatic rings. The largest absolute Gasteiger partial charge is 0.444 e. The van der Waals surface area contributed by atoms with Crippen LogP contribution in [0.25, 0.3) is 11.3 Å². The van der Waals surface area contributed by atoms with E-state index in [1.807, 2.05) is 37.4 Å². The predicted octanol–water partition coefficient (Wildman–Crippen LogP) is 4.75. The number of carbonyl (C=O) groups excluding carboxylic acids is 3. The standard InChI is InChI=1S/C31H44N6O5/c1-30(2,3)41-28(39)36-19-20-18-24(36)27(38)35(8)17-11-16-34(7)26-21(12-9-13-22(26)32)23-14-10-15-25(33-23)37(20)29(40)42-31(4,5)6/h9-10,12-15,20,24H,11,16-19,32H2,1-8H3. The van der Waals surface area contributed by atoms with Crippen molar-refractivity contribution in [3.63, 3.8) is 0 Å². The van der Waals surface area contributed by atoms with E-state index in [-0.39, 0.29) is 18.9 Å².